The van der Waals surface area contributed by atoms with Crippen molar-refractivity contribution in [3.63, 3.8) is 0 Å². The van der Waals surface area contributed by atoms with E-state index in [1.807, 2.05) is 0 Å². The van der Waals surface area contributed by atoms with E-state index in [0.717, 1.165) is 5.92 Å². The van der Waals surface area contributed by atoms with Crippen molar-refractivity contribution in [2.75, 3.05) is 13.1 Å². The summed E-state index contributed by atoms with van der Waals surface area (Å²) in [6.07, 6.45) is 1.24. The molecule has 76 valence electrons. The largest absolute Gasteiger partial charge is 0.316 e. The van der Waals surface area contributed by atoms with Gasteiger partial charge in [0.15, 0.2) is 0 Å². The van der Waals surface area contributed by atoms with Crippen LogP contribution in [0.15, 0.2) is 24.3 Å². The Morgan fingerprint density at radius 2 is 2.14 bits per heavy atom. The lowest BCUT2D eigenvalue weighted by Gasteiger charge is -2.27. The maximum Gasteiger partial charge on any atom is -0.000506 e. The summed E-state index contributed by atoms with van der Waals surface area (Å²) in [4.78, 5) is 0. The van der Waals surface area contributed by atoms with E-state index in [-0.39, 0.29) is 0 Å². The standard InChI is InChI=1S/C13H19N/c1-10(2)13-5-3-4-11(7-13)6-12-8-14-9-12/h3-5,7,10,12,14H,6,8-9H2,1-2H3. The van der Waals surface area contributed by atoms with Gasteiger partial charge in [0.25, 0.3) is 0 Å². The maximum absolute atomic E-state index is 3.32. The highest BCUT2D eigenvalue weighted by Crippen LogP contribution is 2.18. The quantitative estimate of drug-likeness (QED) is 0.770. The van der Waals surface area contributed by atoms with Crippen molar-refractivity contribution in [1.29, 1.82) is 0 Å². The minimum absolute atomic E-state index is 0.648. The molecule has 1 saturated heterocycles. The lowest BCUT2D eigenvalue weighted by Crippen LogP contribution is -2.43. The van der Waals surface area contributed by atoms with Gasteiger partial charge in [0.05, 0.1) is 0 Å². The molecule has 0 aliphatic carbocycles. The summed E-state index contributed by atoms with van der Waals surface area (Å²) >= 11 is 0. The SMILES string of the molecule is CC(C)c1cccc(CC2CNC2)c1. The van der Waals surface area contributed by atoms with Crippen LogP contribution in [0.3, 0.4) is 0 Å². The summed E-state index contributed by atoms with van der Waals surface area (Å²) in [5.41, 5.74) is 2.97. The van der Waals surface area contributed by atoms with Crippen LogP contribution in [0.2, 0.25) is 0 Å². The molecule has 2 rings (SSSR count). The monoisotopic (exact) mass is 189 g/mol. The molecule has 0 atom stereocenters. The Balaban J connectivity index is 2.05. The number of hydrogen-bond acceptors (Lipinski definition) is 1. The molecule has 0 amide bonds. The van der Waals surface area contributed by atoms with Crippen LogP contribution in [0.25, 0.3) is 0 Å². The van der Waals surface area contributed by atoms with Crippen LogP contribution in [-0.4, -0.2) is 13.1 Å². The zero-order valence-electron chi connectivity index (χ0n) is 9.09. The topological polar surface area (TPSA) is 12.0 Å². The van der Waals surface area contributed by atoms with E-state index in [0.29, 0.717) is 5.92 Å². The molecule has 0 unspecified atom stereocenters. The van der Waals surface area contributed by atoms with Crippen molar-refractivity contribution in [1.82, 2.24) is 5.32 Å². The minimum atomic E-state index is 0.648. The van der Waals surface area contributed by atoms with Gasteiger partial charge in [-0.15, -0.1) is 0 Å². The van der Waals surface area contributed by atoms with Gasteiger partial charge in [-0.05, 0) is 42.5 Å². The van der Waals surface area contributed by atoms with Gasteiger partial charge >= 0.3 is 0 Å². The van der Waals surface area contributed by atoms with Crippen molar-refractivity contribution in [3.8, 4) is 0 Å². The van der Waals surface area contributed by atoms with Crippen LogP contribution in [0.4, 0.5) is 0 Å². The molecule has 0 saturated carbocycles. The van der Waals surface area contributed by atoms with E-state index in [2.05, 4.69) is 43.4 Å². The minimum Gasteiger partial charge on any atom is -0.316 e. The van der Waals surface area contributed by atoms with E-state index in [9.17, 15) is 0 Å². The number of benzene rings is 1. The summed E-state index contributed by atoms with van der Waals surface area (Å²) in [6.45, 7) is 6.91. The molecule has 1 heteroatoms. The third-order valence-electron chi connectivity index (χ3n) is 3.01. The molecular weight excluding hydrogens is 170 g/mol. The molecule has 1 heterocycles. The van der Waals surface area contributed by atoms with Gasteiger partial charge < -0.3 is 5.32 Å². The summed E-state index contributed by atoms with van der Waals surface area (Å²) < 4.78 is 0. The van der Waals surface area contributed by atoms with Crippen LogP contribution in [0.1, 0.15) is 30.9 Å². The second-order valence-corrected chi connectivity index (χ2v) is 4.63. The summed E-state index contributed by atoms with van der Waals surface area (Å²) in [5, 5.41) is 3.32. The maximum atomic E-state index is 3.32. The highest BCUT2D eigenvalue weighted by molar-refractivity contribution is 5.26. The zero-order valence-corrected chi connectivity index (χ0v) is 9.09. The van der Waals surface area contributed by atoms with Crippen molar-refractivity contribution >= 4 is 0 Å². The molecule has 14 heavy (non-hydrogen) atoms. The Morgan fingerprint density at radius 3 is 2.71 bits per heavy atom. The predicted molar refractivity (Wildman–Crippen MR) is 60.6 cm³/mol. The van der Waals surface area contributed by atoms with Gasteiger partial charge in [-0.3, -0.25) is 0 Å². The van der Waals surface area contributed by atoms with E-state index < -0.39 is 0 Å². The molecule has 1 nitrogen and oxygen atoms in total. The Bertz CT molecular complexity index is 300. The van der Waals surface area contributed by atoms with Gasteiger partial charge in [0, 0.05) is 0 Å². The Kier molecular flexibility index (Phi) is 2.87. The van der Waals surface area contributed by atoms with E-state index in [4.69, 9.17) is 0 Å². The van der Waals surface area contributed by atoms with Gasteiger partial charge in [0.1, 0.15) is 0 Å². The molecule has 1 aliphatic heterocycles. The second-order valence-electron chi connectivity index (χ2n) is 4.63. The fraction of sp³-hybridized carbons (Fsp3) is 0.538. The average Bonchev–Trinajstić information content (AvgIpc) is 2.12. The Hall–Kier alpha value is -0.820. The lowest BCUT2D eigenvalue weighted by atomic mass is 9.92. The molecule has 0 bridgehead atoms. The molecular formula is C13H19N. The van der Waals surface area contributed by atoms with Crippen LogP contribution in [0, 0.1) is 5.92 Å². The summed E-state index contributed by atoms with van der Waals surface area (Å²) in [7, 11) is 0. The highest BCUT2D eigenvalue weighted by atomic mass is 14.9. The molecule has 1 aromatic carbocycles. The number of hydrogen-bond donors (Lipinski definition) is 1. The van der Waals surface area contributed by atoms with Gasteiger partial charge in [-0.2, -0.15) is 0 Å². The van der Waals surface area contributed by atoms with Crippen LogP contribution >= 0.6 is 0 Å². The highest BCUT2D eigenvalue weighted by Gasteiger charge is 2.16. The van der Waals surface area contributed by atoms with Crippen LogP contribution in [0.5, 0.6) is 0 Å². The molecule has 1 fully saturated rings. The molecule has 0 spiro atoms. The molecule has 1 N–H and O–H groups in total. The van der Waals surface area contributed by atoms with Gasteiger partial charge in [-0.1, -0.05) is 38.1 Å². The van der Waals surface area contributed by atoms with Gasteiger partial charge in [0.2, 0.25) is 0 Å². The van der Waals surface area contributed by atoms with Crippen molar-refractivity contribution in [2.45, 2.75) is 26.2 Å². The van der Waals surface area contributed by atoms with Crippen molar-refractivity contribution < 1.29 is 0 Å². The Morgan fingerprint density at radius 1 is 1.36 bits per heavy atom. The first-order chi connectivity index (χ1) is 6.75. The third-order valence-corrected chi connectivity index (χ3v) is 3.01. The first-order valence-corrected chi connectivity index (χ1v) is 5.55. The first kappa shape index (κ1) is 9.72. The van der Waals surface area contributed by atoms with Crippen LogP contribution in [-0.2, 0) is 6.42 Å². The van der Waals surface area contributed by atoms with Gasteiger partial charge in [-0.25, -0.2) is 0 Å². The van der Waals surface area contributed by atoms with Crippen LogP contribution < -0.4 is 5.32 Å². The Labute approximate surface area is 86.5 Å². The lowest BCUT2D eigenvalue weighted by molar-refractivity contribution is 0.346. The number of nitrogens with one attached hydrogen (secondary N) is 1. The smallest absolute Gasteiger partial charge is 0.000506 e. The zero-order chi connectivity index (χ0) is 9.97. The summed E-state index contributed by atoms with van der Waals surface area (Å²) in [5.74, 6) is 1.52. The van der Waals surface area contributed by atoms with Crippen molar-refractivity contribution in [3.05, 3.63) is 35.4 Å². The van der Waals surface area contributed by atoms with E-state index in [1.54, 1.807) is 0 Å². The molecule has 1 aliphatic rings. The first-order valence-electron chi connectivity index (χ1n) is 5.55. The summed E-state index contributed by atoms with van der Waals surface area (Å²) in [6, 6.07) is 9.04. The molecule has 1 aromatic rings. The predicted octanol–water partition coefficient (Wildman–Crippen LogP) is 2.57. The van der Waals surface area contributed by atoms with Crippen molar-refractivity contribution in [2.24, 2.45) is 5.92 Å². The van der Waals surface area contributed by atoms with E-state index in [1.165, 1.54) is 30.6 Å². The second kappa shape index (κ2) is 4.14. The third kappa shape index (κ3) is 2.16. The van der Waals surface area contributed by atoms with E-state index >= 15 is 0 Å². The molecule has 0 radical (unpaired) electrons. The molecule has 0 aromatic heterocycles. The fourth-order valence-electron chi connectivity index (χ4n) is 1.91. The number of rotatable bonds is 3. The normalized spacial score (nSPS) is 17.1. The average molecular weight is 189 g/mol. The fourth-order valence-corrected chi connectivity index (χ4v) is 1.91.